The third-order valence-corrected chi connectivity index (χ3v) is 4.84. The minimum atomic E-state index is -0.610. The number of aromatic nitrogens is 2. The second-order valence-corrected chi connectivity index (χ2v) is 8.26. The van der Waals surface area contributed by atoms with E-state index in [1.165, 1.54) is 16.8 Å². The molecule has 2 aromatic rings. The Labute approximate surface area is 173 Å². The number of piperazine rings is 1. The topological polar surface area (TPSA) is 93.7 Å². The summed E-state index contributed by atoms with van der Waals surface area (Å²) in [6.45, 7) is 7.19. The van der Waals surface area contributed by atoms with Crippen LogP contribution in [-0.2, 0) is 11.2 Å². The molecular formula is C19H25ClFN5O3. The van der Waals surface area contributed by atoms with Gasteiger partial charge in [-0.1, -0.05) is 11.6 Å². The summed E-state index contributed by atoms with van der Waals surface area (Å²) in [5, 5.41) is 1.95. The van der Waals surface area contributed by atoms with Gasteiger partial charge in [0.2, 0.25) is 0 Å². The number of hydrogen-bond acceptors (Lipinski definition) is 6. The van der Waals surface area contributed by atoms with Crippen LogP contribution in [0.3, 0.4) is 0 Å². The van der Waals surface area contributed by atoms with E-state index in [1.807, 2.05) is 20.8 Å². The summed E-state index contributed by atoms with van der Waals surface area (Å²) in [6.07, 6.45) is -0.0999. The lowest BCUT2D eigenvalue weighted by Gasteiger charge is -2.37. The van der Waals surface area contributed by atoms with E-state index >= 15 is 0 Å². The highest BCUT2D eigenvalue weighted by atomic mass is 35.5. The van der Waals surface area contributed by atoms with Crippen molar-refractivity contribution in [1.29, 1.82) is 0 Å². The van der Waals surface area contributed by atoms with E-state index in [1.54, 1.807) is 9.91 Å². The molecule has 0 aliphatic carbocycles. The fourth-order valence-corrected chi connectivity index (χ4v) is 3.47. The molecule has 0 unspecified atom stereocenters. The highest BCUT2D eigenvalue weighted by Gasteiger charge is 2.28. The summed E-state index contributed by atoms with van der Waals surface area (Å²) in [7, 11) is 0. The van der Waals surface area contributed by atoms with Gasteiger partial charge in [0, 0.05) is 19.5 Å². The molecule has 158 valence electrons. The van der Waals surface area contributed by atoms with E-state index in [2.05, 4.69) is 4.98 Å². The number of carbonyl (C=O) groups is 1. The SMILES string of the molecule is CC(C)(C)OC(=O)N1CCN(n2c(CCN)nc3c(F)ccc(Cl)c3c2=O)CC1. The molecule has 8 nitrogen and oxygen atoms in total. The Kier molecular flexibility index (Phi) is 6.00. The van der Waals surface area contributed by atoms with Crippen molar-refractivity contribution in [3.8, 4) is 0 Å². The Balaban J connectivity index is 1.93. The zero-order chi connectivity index (χ0) is 21.3. The molecule has 1 aliphatic rings. The third kappa shape index (κ3) is 4.45. The van der Waals surface area contributed by atoms with Crippen LogP contribution in [0.1, 0.15) is 26.6 Å². The van der Waals surface area contributed by atoms with Crippen LogP contribution in [0, 0.1) is 5.82 Å². The maximum absolute atomic E-state index is 14.2. The number of hydrogen-bond donors (Lipinski definition) is 1. The van der Waals surface area contributed by atoms with E-state index in [0.717, 1.165) is 0 Å². The number of ether oxygens (including phenoxy) is 1. The molecular weight excluding hydrogens is 401 g/mol. The predicted molar refractivity (Wildman–Crippen MR) is 109 cm³/mol. The summed E-state index contributed by atoms with van der Waals surface area (Å²) in [6, 6.07) is 2.53. The number of amides is 1. The average Bonchev–Trinajstić information content (AvgIpc) is 2.64. The smallest absolute Gasteiger partial charge is 0.410 e. The van der Waals surface area contributed by atoms with Crippen molar-refractivity contribution < 1.29 is 13.9 Å². The Morgan fingerprint density at radius 3 is 2.52 bits per heavy atom. The summed E-state index contributed by atoms with van der Waals surface area (Å²) in [5.41, 5.74) is 4.59. The van der Waals surface area contributed by atoms with Gasteiger partial charge in [0.05, 0.1) is 23.5 Å². The molecule has 2 N–H and O–H groups in total. The number of halogens is 2. The van der Waals surface area contributed by atoms with Gasteiger partial charge in [0.25, 0.3) is 5.56 Å². The van der Waals surface area contributed by atoms with Crippen molar-refractivity contribution >= 4 is 28.6 Å². The van der Waals surface area contributed by atoms with Crippen molar-refractivity contribution in [3.05, 3.63) is 39.2 Å². The first kappa shape index (κ1) is 21.3. The molecule has 3 rings (SSSR count). The first-order valence-corrected chi connectivity index (χ1v) is 9.83. The quantitative estimate of drug-likeness (QED) is 0.807. The van der Waals surface area contributed by atoms with Crippen molar-refractivity contribution in [3.63, 3.8) is 0 Å². The highest BCUT2D eigenvalue weighted by Crippen LogP contribution is 2.22. The zero-order valence-corrected chi connectivity index (χ0v) is 17.5. The van der Waals surface area contributed by atoms with Gasteiger partial charge in [-0.05, 0) is 39.4 Å². The second kappa shape index (κ2) is 8.16. The molecule has 1 aromatic heterocycles. The third-order valence-electron chi connectivity index (χ3n) is 4.53. The van der Waals surface area contributed by atoms with Crippen molar-refractivity contribution in [2.24, 2.45) is 5.73 Å². The fraction of sp³-hybridized carbons (Fsp3) is 0.526. The molecule has 1 aromatic carbocycles. The molecule has 0 radical (unpaired) electrons. The molecule has 1 saturated heterocycles. The van der Waals surface area contributed by atoms with Gasteiger partial charge in [-0.15, -0.1) is 0 Å². The van der Waals surface area contributed by atoms with E-state index in [4.69, 9.17) is 22.1 Å². The Morgan fingerprint density at radius 1 is 1.28 bits per heavy atom. The lowest BCUT2D eigenvalue weighted by atomic mass is 10.2. The van der Waals surface area contributed by atoms with Crippen LogP contribution in [0.2, 0.25) is 5.02 Å². The maximum atomic E-state index is 14.2. The average molecular weight is 426 g/mol. The van der Waals surface area contributed by atoms with Crippen LogP contribution in [0.4, 0.5) is 9.18 Å². The normalized spacial score (nSPS) is 15.1. The molecule has 1 fully saturated rings. The summed E-state index contributed by atoms with van der Waals surface area (Å²) >= 11 is 6.17. The van der Waals surface area contributed by atoms with Crippen LogP contribution in [0.25, 0.3) is 10.9 Å². The van der Waals surface area contributed by atoms with E-state index in [9.17, 15) is 14.0 Å². The van der Waals surface area contributed by atoms with Crippen LogP contribution >= 0.6 is 11.6 Å². The number of rotatable bonds is 3. The van der Waals surface area contributed by atoms with E-state index < -0.39 is 23.1 Å². The summed E-state index contributed by atoms with van der Waals surface area (Å²) < 4.78 is 21.1. The highest BCUT2D eigenvalue weighted by molar-refractivity contribution is 6.35. The minimum absolute atomic E-state index is 0.0296. The van der Waals surface area contributed by atoms with Gasteiger partial charge < -0.3 is 20.4 Å². The minimum Gasteiger partial charge on any atom is -0.444 e. The molecule has 2 heterocycles. The summed E-state index contributed by atoms with van der Waals surface area (Å²) in [4.78, 5) is 31.4. The standard InChI is InChI=1S/C19H25ClFN5O3/c1-19(2,3)29-18(28)24-8-10-25(11-9-24)26-14(6-7-22)23-16-13(21)5-4-12(20)15(16)17(26)27/h4-5H,6-11,22H2,1-3H3. The predicted octanol–water partition coefficient (Wildman–Crippen LogP) is 1.88. The van der Waals surface area contributed by atoms with E-state index in [0.29, 0.717) is 38.4 Å². The Bertz CT molecular complexity index is 980. The maximum Gasteiger partial charge on any atom is 0.410 e. The van der Waals surface area contributed by atoms with Crippen LogP contribution in [0.5, 0.6) is 0 Å². The fourth-order valence-electron chi connectivity index (χ4n) is 3.24. The number of nitrogens with two attached hydrogens (primary N) is 1. The number of carbonyl (C=O) groups excluding carboxylic acids is 1. The van der Waals surface area contributed by atoms with Crippen LogP contribution in [0.15, 0.2) is 16.9 Å². The zero-order valence-electron chi connectivity index (χ0n) is 16.7. The number of benzene rings is 1. The Hall–Kier alpha value is -2.39. The molecule has 0 atom stereocenters. The molecule has 0 saturated carbocycles. The Morgan fingerprint density at radius 2 is 1.93 bits per heavy atom. The monoisotopic (exact) mass is 425 g/mol. The van der Waals surface area contributed by atoms with Crippen molar-refractivity contribution in [1.82, 2.24) is 14.6 Å². The van der Waals surface area contributed by atoms with Crippen LogP contribution in [-0.4, -0.2) is 59.0 Å². The van der Waals surface area contributed by atoms with E-state index in [-0.39, 0.29) is 22.5 Å². The lowest BCUT2D eigenvalue weighted by molar-refractivity contribution is 0.0231. The summed E-state index contributed by atoms with van der Waals surface area (Å²) in [5.74, 6) is -0.251. The van der Waals surface area contributed by atoms with Gasteiger partial charge in [-0.3, -0.25) is 4.79 Å². The lowest BCUT2D eigenvalue weighted by Crippen LogP contribution is -2.56. The molecule has 1 aliphatic heterocycles. The molecule has 10 heteroatoms. The first-order chi connectivity index (χ1) is 13.6. The van der Waals surface area contributed by atoms with Crippen LogP contribution < -0.4 is 16.3 Å². The molecule has 0 spiro atoms. The van der Waals surface area contributed by atoms with Gasteiger partial charge in [0.1, 0.15) is 22.8 Å². The first-order valence-electron chi connectivity index (χ1n) is 9.45. The van der Waals surface area contributed by atoms with Gasteiger partial charge >= 0.3 is 6.09 Å². The second-order valence-electron chi connectivity index (χ2n) is 7.86. The molecule has 1 amide bonds. The van der Waals surface area contributed by atoms with Crippen molar-refractivity contribution in [2.45, 2.75) is 32.8 Å². The number of nitrogens with zero attached hydrogens (tertiary/aromatic N) is 4. The number of fused-ring (bicyclic) bond motifs is 1. The molecule has 0 bridgehead atoms. The largest absolute Gasteiger partial charge is 0.444 e. The van der Waals surface area contributed by atoms with Gasteiger partial charge in [-0.25, -0.2) is 18.8 Å². The van der Waals surface area contributed by atoms with Gasteiger partial charge in [0.15, 0.2) is 0 Å². The van der Waals surface area contributed by atoms with Crippen molar-refractivity contribution in [2.75, 3.05) is 37.7 Å². The van der Waals surface area contributed by atoms with Gasteiger partial charge in [-0.2, -0.15) is 0 Å². The molecule has 29 heavy (non-hydrogen) atoms.